The lowest BCUT2D eigenvalue weighted by Gasteiger charge is -2.34. The van der Waals surface area contributed by atoms with E-state index in [9.17, 15) is 4.79 Å². The summed E-state index contributed by atoms with van der Waals surface area (Å²) >= 11 is 0. The molecule has 3 rings (SSSR count). The van der Waals surface area contributed by atoms with Crippen molar-refractivity contribution in [1.29, 1.82) is 0 Å². The predicted octanol–water partition coefficient (Wildman–Crippen LogP) is 3.82. The van der Waals surface area contributed by atoms with E-state index in [0.717, 1.165) is 50.8 Å². The van der Waals surface area contributed by atoms with Crippen LogP contribution in [-0.4, -0.2) is 29.9 Å². The van der Waals surface area contributed by atoms with Crippen LogP contribution in [0.15, 0.2) is 29.8 Å². The SMILES string of the molecule is Cc1ccc(NC2CCCN(C(=O)C3=CCCC3)C2)cc1C. The third-order valence-electron chi connectivity index (χ3n) is 4.90. The summed E-state index contributed by atoms with van der Waals surface area (Å²) in [5, 5.41) is 3.61. The largest absolute Gasteiger partial charge is 0.381 e. The summed E-state index contributed by atoms with van der Waals surface area (Å²) in [6.45, 7) is 6.00. The summed E-state index contributed by atoms with van der Waals surface area (Å²) in [7, 11) is 0. The van der Waals surface area contributed by atoms with Gasteiger partial charge in [0, 0.05) is 30.4 Å². The number of anilines is 1. The fraction of sp³-hybridized carbons (Fsp3) is 0.526. The summed E-state index contributed by atoms with van der Waals surface area (Å²) in [5.74, 6) is 0.268. The average Bonchev–Trinajstić information content (AvgIpc) is 3.05. The number of aryl methyl sites for hydroxylation is 2. The van der Waals surface area contributed by atoms with Crippen molar-refractivity contribution in [2.75, 3.05) is 18.4 Å². The van der Waals surface area contributed by atoms with Gasteiger partial charge in [0.15, 0.2) is 0 Å². The highest BCUT2D eigenvalue weighted by molar-refractivity contribution is 5.93. The summed E-state index contributed by atoms with van der Waals surface area (Å²) in [6.07, 6.45) is 7.52. The van der Waals surface area contributed by atoms with Crippen LogP contribution in [0.2, 0.25) is 0 Å². The number of nitrogens with one attached hydrogen (secondary N) is 1. The van der Waals surface area contributed by atoms with Gasteiger partial charge in [0.1, 0.15) is 0 Å². The number of amides is 1. The molecule has 1 amide bonds. The van der Waals surface area contributed by atoms with E-state index in [1.807, 2.05) is 4.90 Å². The zero-order chi connectivity index (χ0) is 15.5. The van der Waals surface area contributed by atoms with Crippen molar-refractivity contribution in [1.82, 2.24) is 4.90 Å². The molecule has 22 heavy (non-hydrogen) atoms. The third kappa shape index (κ3) is 3.34. The van der Waals surface area contributed by atoms with E-state index in [1.54, 1.807) is 0 Å². The Bertz CT molecular complexity index is 591. The molecule has 1 aliphatic carbocycles. The van der Waals surface area contributed by atoms with Crippen LogP contribution in [0.3, 0.4) is 0 Å². The number of hydrogen-bond donors (Lipinski definition) is 1. The van der Waals surface area contributed by atoms with Gasteiger partial charge in [-0.2, -0.15) is 0 Å². The number of hydrogen-bond acceptors (Lipinski definition) is 2. The van der Waals surface area contributed by atoms with Crippen LogP contribution in [0.5, 0.6) is 0 Å². The summed E-state index contributed by atoms with van der Waals surface area (Å²) in [6, 6.07) is 6.87. The van der Waals surface area contributed by atoms with Crippen molar-refractivity contribution in [2.45, 2.75) is 52.0 Å². The van der Waals surface area contributed by atoms with Crippen LogP contribution in [0.1, 0.15) is 43.2 Å². The molecule has 3 heteroatoms. The molecule has 0 saturated carbocycles. The summed E-state index contributed by atoms with van der Waals surface area (Å²) in [4.78, 5) is 14.6. The van der Waals surface area contributed by atoms with E-state index in [4.69, 9.17) is 0 Å². The molecule has 1 saturated heterocycles. The number of carbonyl (C=O) groups excluding carboxylic acids is 1. The number of carbonyl (C=O) groups is 1. The molecule has 1 aromatic carbocycles. The number of rotatable bonds is 3. The number of piperidine rings is 1. The van der Waals surface area contributed by atoms with Gasteiger partial charge >= 0.3 is 0 Å². The van der Waals surface area contributed by atoms with Gasteiger partial charge in [0.2, 0.25) is 5.91 Å². The zero-order valence-electron chi connectivity index (χ0n) is 13.7. The number of benzene rings is 1. The highest BCUT2D eigenvalue weighted by Gasteiger charge is 2.26. The van der Waals surface area contributed by atoms with Crippen molar-refractivity contribution < 1.29 is 4.79 Å². The highest BCUT2D eigenvalue weighted by Crippen LogP contribution is 2.23. The van der Waals surface area contributed by atoms with Gasteiger partial charge in [-0.3, -0.25) is 4.79 Å². The van der Waals surface area contributed by atoms with Crippen molar-refractivity contribution >= 4 is 11.6 Å². The maximum atomic E-state index is 12.5. The van der Waals surface area contributed by atoms with Gasteiger partial charge in [-0.1, -0.05) is 12.1 Å². The minimum Gasteiger partial charge on any atom is -0.381 e. The van der Waals surface area contributed by atoms with Crippen molar-refractivity contribution in [3.05, 3.63) is 41.0 Å². The molecule has 1 N–H and O–H groups in total. The van der Waals surface area contributed by atoms with E-state index in [2.05, 4.69) is 43.4 Å². The topological polar surface area (TPSA) is 32.3 Å². The molecule has 2 aliphatic rings. The molecule has 1 aliphatic heterocycles. The molecule has 0 radical (unpaired) electrons. The molecule has 3 nitrogen and oxygen atoms in total. The van der Waals surface area contributed by atoms with Gasteiger partial charge in [-0.25, -0.2) is 0 Å². The molecular weight excluding hydrogens is 272 g/mol. The normalized spacial score (nSPS) is 21.6. The first kappa shape index (κ1) is 15.1. The summed E-state index contributed by atoms with van der Waals surface area (Å²) < 4.78 is 0. The second-order valence-electron chi connectivity index (χ2n) is 6.66. The molecule has 1 aromatic rings. The second kappa shape index (κ2) is 6.55. The van der Waals surface area contributed by atoms with Crippen LogP contribution in [-0.2, 0) is 4.79 Å². The number of allylic oxidation sites excluding steroid dienone is 1. The van der Waals surface area contributed by atoms with Crippen LogP contribution in [0.25, 0.3) is 0 Å². The first-order valence-corrected chi connectivity index (χ1v) is 8.45. The van der Waals surface area contributed by atoms with Crippen LogP contribution < -0.4 is 5.32 Å². The van der Waals surface area contributed by atoms with Gasteiger partial charge in [-0.15, -0.1) is 0 Å². The standard InChI is InChI=1S/C19H26N2O/c1-14-9-10-17(12-15(14)2)20-18-8-5-11-21(13-18)19(22)16-6-3-4-7-16/h6,9-10,12,18,20H,3-5,7-8,11,13H2,1-2H3. The first-order chi connectivity index (χ1) is 10.6. The Morgan fingerprint density at radius 1 is 1.23 bits per heavy atom. The van der Waals surface area contributed by atoms with E-state index >= 15 is 0 Å². The Hall–Kier alpha value is -1.77. The molecule has 1 atom stereocenters. The van der Waals surface area contributed by atoms with Crippen LogP contribution in [0.4, 0.5) is 5.69 Å². The Morgan fingerprint density at radius 3 is 2.82 bits per heavy atom. The second-order valence-corrected chi connectivity index (χ2v) is 6.66. The quantitative estimate of drug-likeness (QED) is 0.920. The van der Waals surface area contributed by atoms with Gasteiger partial charge in [0.25, 0.3) is 0 Å². The minimum absolute atomic E-state index is 0.268. The Balaban J connectivity index is 1.62. The fourth-order valence-corrected chi connectivity index (χ4v) is 3.41. The lowest BCUT2D eigenvalue weighted by atomic mass is 10.0. The van der Waals surface area contributed by atoms with E-state index in [1.165, 1.54) is 16.8 Å². The van der Waals surface area contributed by atoms with Crippen molar-refractivity contribution in [3.63, 3.8) is 0 Å². The lowest BCUT2D eigenvalue weighted by molar-refractivity contribution is -0.128. The predicted molar refractivity (Wildman–Crippen MR) is 91.1 cm³/mol. The van der Waals surface area contributed by atoms with Gasteiger partial charge in [-0.05, 0) is 69.2 Å². The van der Waals surface area contributed by atoms with Crippen molar-refractivity contribution in [3.8, 4) is 0 Å². The molecule has 1 heterocycles. The molecule has 118 valence electrons. The van der Waals surface area contributed by atoms with Crippen molar-refractivity contribution in [2.24, 2.45) is 0 Å². The maximum Gasteiger partial charge on any atom is 0.249 e. The van der Waals surface area contributed by atoms with Crippen LogP contribution in [0, 0.1) is 13.8 Å². The third-order valence-corrected chi connectivity index (χ3v) is 4.90. The smallest absolute Gasteiger partial charge is 0.249 e. The number of nitrogens with zero attached hydrogens (tertiary/aromatic N) is 1. The monoisotopic (exact) mass is 298 g/mol. The van der Waals surface area contributed by atoms with E-state index in [-0.39, 0.29) is 5.91 Å². The molecule has 0 bridgehead atoms. The zero-order valence-corrected chi connectivity index (χ0v) is 13.7. The summed E-state index contributed by atoms with van der Waals surface area (Å²) in [5.41, 5.74) is 4.83. The molecule has 1 unspecified atom stereocenters. The van der Waals surface area contributed by atoms with E-state index in [0.29, 0.717) is 6.04 Å². The van der Waals surface area contributed by atoms with Crippen LogP contribution >= 0.6 is 0 Å². The number of likely N-dealkylation sites (tertiary alicyclic amines) is 1. The average molecular weight is 298 g/mol. The van der Waals surface area contributed by atoms with Gasteiger partial charge < -0.3 is 10.2 Å². The molecule has 0 aromatic heterocycles. The Kier molecular flexibility index (Phi) is 4.51. The van der Waals surface area contributed by atoms with E-state index < -0.39 is 0 Å². The molecular formula is C19H26N2O. The Morgan fingerprint density at radius 2 is 2.09 bits per heavy atom. The maximum absolute atomic E-state index is 12.5. The Labute approximate surface area is 133 Å². The highest BCUT2D eigenvalue weighted by atomic mass is 16.2. The molecule has 1 fully saturated rings. The fourth-order valence-electron chi connectivity index (χ4n) is 3.41. The lowest BCUT2D eigenvalue weighted by Crippen LogP contribution is -2.45. The molecule has 0 spiro atoms. The van der Waals surface area contributed by atoms with Gasteiger partial charge in [0.05, 0.1) is 0 Å². The minimum atomic E-state index is 0.268. The first-order valence-electron chi connectivity index (χ1n) is 8.45.